The summed E-state index contributed by atoms with van der Waals surface area (Å²) in [5.74, 6) is 0.773. The van der Waals surface area contributed by atoms with E-state index in [1.54, 1.807) is 16.7 Å². The maximum absolute atomic E-state index is 12.6. The Morgan fingerprint density at radius 1 is 1.48 bits per heavy atom. The maximum Gasteiger partial charge on any atom is 0.264 e. The van der Waals surface area contributed by atoms with Crippen molar-refractivity contribution >= 4 is 34.9 Å². The highest BCUT2D eigenvalue weighted by molar-refractivity contribution is 8.01. The Morgan fingerprint density at radius 3 is 2.90 bits per heavy atom. The number of carbonyl (C=O) groups is 2. The van der Waals surface area contributed by atoms with Crippen molar-refractivity contribution in [2.24, 2.45) is 5.73 Å². The van der Waals surface area contributed by atoms with E-state index in [1.807, 2.05) is 19.1 Å². The summed E-state index contributed by atoms with van der Waals surface area (Å²) in [5, 5.41) is 2.78. The van der Waals surface area contributed by atoms with Gasteiger partial charge >= 0.3 is 0 Å². The van der Waals surface area contributed by atoms with Crippen molar-refractivity contribution in [2.45, 2.75) is 36.6 Å². The minimum absolute atomic E-state index is 0.0906. The van der Waals surface area contributed by atoms with Crippen LogP contribution in [0.2, 0.25) is 0 Å². The first kappa shape index (κ1) is 16.3. The van der Waals surface area contributed by atoms with Crippen molar-refractivity contribution in [3.8, 4) is 0 Å². The Morgan fingerprint density at radius 2 is 2.24 bits per heavy atom. The van der Waals surface area contributed by atoms with Crippen LogP contribution in [0.4, 0.5) is 0 Å². The first-order valence-electron chi connectivity index (χ1n) is 7.13. The lowest BCUT2D eigenvalue weighted by Crippen LogP contribution is -2.45. The third-order valence-electron chi connectivity index (χ3n) is 3.33. The van der Waals surface area contributed by atoms with E-state index in [9.17, 15) is 9.59 Å². The molecule has 1 aromatic heterocycles. The zero-order valence-electron chi connectivity index (χ0n) is 12.3. The standard InChI is InChI=1S/C14H21N3O2S2/c1-3-16-13(18)10-7-9(15)8-17(10)14(19)11-5-6-12(21-11)20-4-2/h5-6,9-10H,3-4,7-8,15H2,1-2H3,(H,16,18)/t9-,10+/m1/s1. The number of likely N-dealkylation sites (N-methyl/N-ethyl adjacent to an activating group) is 1. The molecule has 0 aromatic carbocycles. The molecule has 1 aliphatic heterocycles. The first-order valence-corrected chi connectivity index (χ1v) is 8.93. The smallest absolute Gasteiger partial charge is 0.264 e. The Labute approximate surface area is 133 Å². The van der Waals surface area contributed by atoms with Gasteiger partial charge < -0.3 is 16.0 Å². The molecule has 7 heteroatoms. The van der Waals surface area contributed by atoms with E-state index in [-0.39, 0.29) is 17.9 Å². The highest BCUT2D eigenvalue weighted by Gasteiger charge is 2.38. The molecule has 0 aliphatic carbocycles. The third-order valence-corrected chi connectivity index (χ3v) is 5.51. The molecule has 1 saturated heterocycles. The fourth-order valence-corrected chi connectivity index (χ4v) is 4.43. The fourth-order valence-electron chi connectivity index (χ4n) is 2.43. The lowest BCUT2D eigenvalue weighted by atomic mass is 10.1. The predicted octanol–water partition coefficient (Wildman–Crippen LogP) is 1.54. The van der Waals surface area contributed by atoms with Gasteiger partial charge in [-0.05, 0) is 31.2 Å². The zero-order chi connectivity index (χ0) is 15.4. The molecule has 2 amide bonds. The number of hydrogen-bond donors (Lipinski definition) is 2. The summed E-state index contributed by atoms with van der Waals surface area (Å²) >= 11 is 3.20. The van der Waals surface area contributed by atoms with Crippen LogP contribution in [0.25, 0.3) is 0 Å². The van der Waals surface area contributed by atoms with E-state index < -0.39 is 6.04 Å². The van der Waals surface area contributed by atoms with Gasteiger partial charge in [-0.15, -0.1) is 23.1 Å². The Kier molecular flexibility index (Phi) is 5.66. The molecule has 1 fully saturated rings. The van der Waals surface area contributed by atoms with Crippen LogP contribution in [0, 0.1) is 0 Å². The second kappa shape index (κ2) is 7.29. The Bertz CT molecular complexity index is 518. The summed E-state index contributed by atoms with van der Waals surface area (Å²) in [4.78, 5) is 27.0. The van der Waals surface area contributed by atoms with Gasteiger partial charge in [0.2, 0.25) is 5.91 Å². The zero-order valence-corrected chi connectivity index (χ0v) is 13.9. The van der Waals surface area contributed by atoms with Crippen LogP contribution in [0.5, 0.6) is 0 Å². The minimum atomic E-state index is -0.447. The summed E-state index contributed by atoms with van der Waals surface area (Å²) < 4.78 is 1.12. The van der Waals surface area contributed by atoms with E-state index in [4.69, 9.17) is 5.73 Å². The monoisotopic (exact) mass is 327 g/mol. The van der Waals surface area contributed by atoms with E-state index in [1.165, 1.54) is 11.3 Å². The fraction of sp³-hybridized carbons (Fsp3) is 0.571. The number of thiophene rings is 1. The molecule has 5 nitrogen and oxygen atoms in total. The SMILES string of the molecule is CCNC(=O)[C@@H]1C[C@@H](N)CN1C(=O)c1ccc(SCC)s1. The highest BCUT2D eigenvalue weighted by atomic mass is 32.2. The summed E-state index contributed by atoms with van der Waals surface area (Å²) in [5.41, 5.74) is 5.94. The molecule has 0 saturated carbocycles. The van der Waals surface area contributed by atoms with Crippen molar-refractivity contribution in [1.29, 1.82) is 0 Å². The van der Waals surface area contributed by atoms with Gasteiger partial charge in [0.05, 0.1) is 9.09 Å². The van der Waals surface area contributed by atoms with Crippen molar-refractivity contribution in [3.05, 3.63) is 17.0 Å². The normalized spacial score (nSPS) is 21.6. The number of nitrogens with two attached hydrogens (primary N) is 1. The molecule has 0 spiro atoms. The van der Waals surface area contributed by atoms with Crippen LogP contribution in [0.1, 0.15) is 29.9 Å². The van der Waals surface area contributed by atoms with E-state index >= 15 is 0 Å². The first-order chi connectivity index (χ1) is 10.1. The molecular weight excluding hydrogens is 306 g/mol. The van der Waals surface area contributed by atoms with E-state index in [0.29, 0.717) is 24.4 Å². The Balaban J connectivity index is 2.13. The molecule has 1 aromatic rings. The molecule has 0 radical (unpaired) electrons. The van der Waals surface area contributed by atoms with Crippen LogP contribution in [-0.2, 0) is 4.79 Å². The molecular formula is C14H21N3O2S2. The number of carbonyl (C=O) groups excluding carboxylic acids is 2. The van der Waals surface area contributed by atoms with Gasteiger partial charge in [-0.2, -0.15) is 0 Å². The Hall–Kier alpha value is -1.05. The second-order valence-electron chi connectivity index (χ2n) is 4.92. The molecule has 1 aliphatic rings. The number of nitrogens with one attached hydrogen (secondary N) is 1. The largest absolute Gasteiger partial charge is 0.355 e. The van der Waals surface area contributed by atoms with Crippen LogP contribution < -0.4 is 11.1 Å². The number of likely N-dealkylation sites (tertiary alicyclic amines) is 1. The van der Waals surface area contributed by atoms with Gasteiger partial charge in [0.1, 0.15) is 6.04 Å². The molecule has 2 atom stereocenters. The molecule has 2 heterocycles. The van der Waals surface area contributed by atoms with Gasteiger partial charge in [0.15, 0.2) is 0 Å². The van der Waals surface area contributed by atoms with E-state index in [2.05, 4.69) is 12.2 Å². The van der Waals surface area contributed by atoms with E-state index in [0.717, 1.165) is 9.96 Å². The van der Waals surface area contributed by atoms with Crippen molar-refractivity contribution in [2.75, 3.05) is 18.8 Å². The van der Waals surface area contributed by atoms with Gasteiger partial charge in [-0.1, -0.05) is 6.92 Å². The lowest BCUT2D eigenvalue weighted by Gasteiger charge is -2.23. The third kappa shape index (κ3) is 3.78. The van der Waals surface area contributed by atoms with Gasteiger partial charge in [0, 0.05) is 19.1 Å². The number of nitrogens with zero attached hydrogens (tertiary/aromatic N) is 1. The number of hydrogen-bond acceptors (Lipinski definition) is 5. The molecule has 116 valence electrons. The van der Waals surface area contributed by atoms with Crippen molar-refractivity contribution in [1.82, 2.24) is 10.2 Å². The summed E-state index contributed by atoms with van der Waals surface area (Å²) in [6, 6.07) is 3.22. The average Bonchev–Trinajstić information content (AvgIpc) is 3.05. The van der Waals surface area contributed by atoms with Gasteiger partial charge in [-0.25, -0.2) is 0 Å². The van der Waals surface area contributed by atoms with Crippen molar-refractivity contribution < 1.29 is 9.59 Å². The molecule has 3 N–H and O–H groups in total. The van der Waals surface area contributed by atoms with Crippen molar-refractivity contribution in [3.63, 3.8) is 0 Å². The molecule has 2 rings (SSSR count). The second-order valence-corrected chi connectivity index (χ2v) is 7.56. The molecule has 0 unspecified atom stereocenters. The highest BCUT2D eigenvalue weighted by Crippen LogP contribution is 2.29. The number of rotatable bonds is 5. The van der Waals surface area contributed by atoms with Crippen LogP contribution in [0.3, 0.4) is 0 Å². The van der Waals surface area contributed by atoms with Gasteiger partial charge in [-0.3, -0.25) is 9.59 Å². The number of thioether (sulfide) groups is 1. The summed E-state index contributed by atoms with van der Waals surface area (Å²) in [6.45, 7) is 4.95. The summed E-state index contributed by atoms with van der Waals surface area (Å²) in [6.07, 6.45) is 0.527. The quantitative estimate of drug-likeness (QED) is 0.805. The average molecular weight is 327 g/mol. The number of amides is 2. The summed E-state index contributed by atoms with van der Waals surface area (Å²) in [7, 11) is 0. The van der Waals surface area contributed by atoms with Crippen LogP contribution in [0.15, 0.2) is 16.3 Å². The topological polar surface area (TPSA) is 75.4 Å². The van der Waals surface area contributed by atoms with Crippen LogP contribution >= 0.6 is 23.1 Å². The van der Waals surface area contributed by atoms with Gasteiger partial charge in [0.25, 0.3) is 5.91 Å². The lowest BCUT2D eigenvalue weighted by molar-refractivity contribution is -0.124. The predicted molar refractivity (Wildman–Crippen MR) is 86.8 cm³/mol. The maximum atomic E-state index is 12.6. The molecule has 21 heavy (non-hydrogen) atoms. The minimum Gasteiger partial charge on any atom is -0.355 e. The van der Waals surface area contributed by atoms with Crippen LogP contribution in [-0.4, -0.2) is 47.6 Å². The molecule has 0 bridgehead atoms.